The Morgan fingerprint density at radius 1 is 1.06 bits per heavy atom. The van der Waals surface area contributed by atoms with Gasteiger partial charge in [-0.05, 0) is 23.8 Å². The molecule has 0 bridgehead atoms. The maximum absolute atomic E-state index is 6.07. The average Bonchev–Trinajstić information content (AvgIpc) is 2.35. The molecule has 0 radical (unpaired) electrons. The van der Waals surface area contributed by atoms with Crippen molar-refractivity contribution in [1.82, 2.24) is 0 Å². The molecular formula is C14H13BrClNO. The molecule has 4 heteroatoms. The van der Waals surface area contributed by atoms with Crippen molar-refractivity contribution in [2.75, 3.05) is 5.73 Å². The SMILES string of the molecule is Nc1cccc(Cl)c1COCc1ccccc1Br. The van der Waals surface area contributed by atoms with Crippen LogP contribution in [0, 0.1) is 0 Å². The van der Waals surface area contributed by atoms with Crippen LogP contribution in [-0.4, -0.2) is 0 Å². The Bertz CT molecular complexity index is 525. The molecule has 18 heavy (non-hydrogen) atoms. The molecule has 0 fully saturated rings. The summed E-state index contributed by atoms with van der Waals surface area (Å²) < 4.78 is 6.69. The van der Waals surface area contributed by atoms with Crippen LogP contribution in [0.1, 0.15) is 11.1 Å². The smallest absolute Gasteiger partial charge is 0.0756 e. The molecule has 0 saturated carbocycles. The van der Waals surface area contributed by atoms with Crippen LogP contribution < -0.4 is 5.73 Å². The Morgan fingerprint density at radius 2 is 1.83 bits per heavy atom. The van der Waals surface area contributed by atoms with E-state index in [2.05, 4.69) is 15.9 Å². The zero-order chi connectivity index (χ0) is 13.0. The van der Waals surface area contributed by atoms with Gasteiger partial charge in [-0.25, -0.2) is 0 Å². The van der Waals surface area contributed by atoms with Gasteiger partial charge < -0.3 is 10.5 Å². The molecule has 2 aromatic carbocycles. The van der Waals surface area contributed by atoms with E-state index in [0.717, 1.165) is 15.6 Å². The van der Waals surface area contributed by atoms with Crippen molar-refractivity contribution >= 4 is 33.2 Å². The molecule has 0 spiro atoms. The number of benzene rings is 2. The van der Waals surface area contributed by atoms with E-state index in [1.807, 2.05) is 42.5 Å². The number of rotatable bonds is 4. The van der Waals surface area contributed by atoms with Gasteiger partial charge in [0.1, 0.15) is 0 Å². The van der Waals surface area contributed by atoms with Crippen LogP contribution in [0.2, 0.25) is 5.02 Å². The minimum absolute atomic E-state index is 0.410. The lowest BCUT2D eigenvalue weighted by molar-refractivity contribution is 0.107. The third-order valence-electron chi connectivity index (χ3n) is 2.62. The summed E-state index contributed by atoms with van der Waals surface area (Å²) in [5, 5.41) is 0.641. The van der Waals surface area contributed by atoms with Crippen molar-refractivity contribution < 1.29 is 4.74 Å². The summed E-state index contributed by atoms with van der Waals surface area (Å²) in [6, 6.07) is 13.4. The van der Waals surface area contributed by atoms with Crippen molar-refractivity contribution in [1.29, 1.82) is 0 Å². The number of nitrogen functional groups attached to an aromatic ring is 1. The number of nitrogens with two attached hydrogens (primary N) is 1. The number of ether oxygens (including phenoxy) is 1. The highest BCUT2D eigenvalue weighted by molar-refractivity contribution is 9.10. The molecule has 0 aliphatic rings. The van der Waals surface area contributed by atoms with Crippen molar-refractivity contribution in [3.05, 3.63) is 63.1 Å². The van der Waals surface area contributed by atoms with Gasteiger partial charge in [-0.15, -0.1) is 0 Å². The van der Waals surface area contributed by atoms with E-state index in [1.165, 1.54) is 0 Å². The highest BCUT2D eigenvalue weighted by Crippen LogP contribution is 2.24. The lowest BCUT2D eigenvalue weighted by Gasteiger charge is -2.09. The quantitative estimate of drug-likeness (QED) is 0.845. The maximum atomic E-state index is 6.07. The predicted octanol–water partition coefficient (Wildman–Crippen LogP) is 4.40. The molecule has 2 rings (SSSR count). The molecule has 0 aliphatic heterocycles. The fourth-order valence-electron chi connectivity index (χ4n) is 1.61. The minimum Gasteiger partial charge on any atom is -0.398 e. The van der Waals surface area contributed by atoms with E-state index in [-0.39, 0.29) is 0 Å². The van der Waals surface area contributed by atoms with E-state index in [1.54, 1.807) is 0 Å². The summed E-state index contributed by atoms with van der Waals surface area (Å²) in [5.74, 6) is 0. The Hall–Kier alpha value is -1.03. The van der Waals surface area contributed by atoms with Crippen molar-refractivity contribution in [3.8, 4) is 0 Å². The second-order valence-electron chi connectivity index (χ2n) is 3.89. The van der Waals surface area contributed by atoms with Gasteiger partial charge in [-0.1, -0.05) is 51.8 Å². The summed E-state index contributed by atoms with van der Waals surface area (Å²) >= 11 is 9.55. The molecule has 0 aromatic heterocycles. The Kier molecular flexibility index (Phi) is 4.64. The molecule has 0 atom stereocenters. The number of anilines is 1. The van der Waals surface area contributed by atoms with Gasteiger partial charge in [0, 0.05) is 20.7 Å². The predicted molar refractivity (Wildman–Crippen MR) is 78.5 cm³/mol. The first-order chi connectivity index (χ1) is 8.68. The second-order valence-corrected chi connectivity index (χ2v) is 5.15. The third kappa shape index (κ3) is 3.25. The van der Waals surface area contributed by atoms with Gasteiger partial charge in [-0.2, -0.15) is 0 Å². The Labute approximate surface area is 120 Å². The third-order valence-corrected chi connectivity index (χ3v) is 3.74. The van der Waals surface area contributed by atoms with Crippen LogP contribution in [0.15, 0.2) is 46.9 Å². The summed E-state index contributed by atoms with van der Waals surface area (Å²) in [4.78, 5) is 0. The summed E-state index contributed by atoms with van der Waals surface area (Å²) in [6.07, 6.45) is 0. The van der Waals surface area contributed by atoms with Gasteiger partial charge >= 0.3 is 0 Å². The van der Waals surface area contributed by atoms with E-state index < -0.39 is 0 Å². The van der Waals surface area contributed by atoms with E-state index in [9.17, 15) is 0 Å². The Morgan fingerprint density at radius 3 is 2.56 bits per heavy atom. The van der Waals surface area contributed by atoms with Gasteiger partial charge in [-0.3, -0.25) is 0 Å². The Balaban J connectivity index is 1.99. The molecule has 2 N–H and O–H groups in total. The standard InChI is InChI=1S/C14H13BrClNO/c15-12-5-2-1-4-10(12)8-18-9-11-13(16)6-3-7-14(11)17/h1-7H,8-9,17H2. The molecular weight excluding hydrogens is 314 g/mol. The first-order valence-corrected chi connectivity index (χ1v) is 6.69. The number of hydrogen-bond acceptors (Lipinski definition) is 2. The van der Waals surface area contributed by atoms with Crippen LogP contribution >= 0.6 is 27.5 Å². The average molecular weight is 327 g/mol. The highest BCUT2D eigenvalue weighted by atomic mass is 79.9. The first-order valence-electron chi connectivity index (χ1n) is 5.52. The van der Waals surface area contributed by atoms with Crippen LogP contribution in [0.3, 0.4) is 0 Å². The minimum atomic E-state index is 0.410. The summed E-state index contributed by atoms with van der Waals surface area (Å²) in [6.45, 7) is 0.929. The van der Waals surface area contributed by atoms with Crippen LogP contribution in [0.5, 0.6) is 0 Å². The molecule has 0 unspecified atom stereocenters. The van der Waals surface area contributed by atoms with Crippen molar-refractivity contribution in [3.63, 3.8) is 0 Å². The molecule has 0 saturated heterocycles. The van der Waals surface area contributed by atoms with Gasteiger partial charge in [0.2, 0.25) is 0 Å². The normalized spacial score (nSPS) is 10.6. The largest absolute Gasteiger partial charge is 0.398 e. The van der Waals surface area contributed by atoms with E-state index in [0.29, 0.717) is 23.9 Å². The second kappa shape index (κ2) is 6.23. The monoisotopic (exact) mass is 325 g/mol. The fourth-order valence-corrected chi connectivity index (χ4v) is 2.24. The number of halogens is 2. The van der Waals surface area contributed by atoms with Crippen LogP contribution in [-0.2, 0) is 18.0 Å². The van der Waals surface area contributed by atoms with Gasteiger partial charge in [0.25, 0.3) is 0 Å². The molecule has 2 aromatic rings. The lowest BCUT2D eigenvalue weighted by atomic mass is 10.2. The zero-order valence-electron chi connectivity index (χ0n) is 9.70. The fraction of sp³-hybridized carbons (Fsp3) is 0.143. The summed E-state index contributed by atoms with van der Waals surface area (Å²) in [5.41, 5.74) is 8.46. The maximum Gasteiger partial charge on any atom is 0.0756 e. The molecule has 2 nitrogen and oxygen atoms in total. The van der Waals surface area contributed by atoms with Gasteiger partial charge in [0.15, 0.2) is 0 Å². The molecule has 0 heterocycles. The van der Waals surface area contributed by atoms with Gasteiger partial charge in [0.05, 0.1) is 13.2 Å². The molecule has 0 amide bonds. The zero-order valence-corrected chi connectivity index (χ0v) is 12.0. The summed E-state index contributed by atoms with van der Waals surface area (Å²) in [7, 11) is 0. The first kappa shape index (κ1) is 13.4. The molecule has 0 aliphatic carbocycles. The van der Waals surface area contributed by atoms with Crippen molar-refractivity contribution in [2.45, 2.75) is 13.2 Å². The van der Waals surface area contributed by atoms with Crippen molar-refractivity contribution in [2.24, 2.45) is 0 Å². The van der Waals surface area contributed by atoms with Crippen LogP contribution in [0.4, 0.5) is 5.69 Å². The highest BCUT2D eigenvalue weighted by Gasteiger charge is 2.05. The lowest BCUT2D eigenvalue weighted by Crippen LogP contribution is -1.99. The topological polar surface area (TPSA) is 35.2 Å². The van der Waals surface area contributed by atoms with E-state index in [4.69, 9.17) is 22.1 Å². The molecule has 94 valence electrons. The van der Waals surface area contributed by atoms with E-state index >= 15 is 0 Å². The number of hydrogen-bond donors (Lipinski definition) is 1. The van der Waals surface area contributed by atoms with Crippen LogP contribution in [0.25, 0.3) is 0 Å².